The maximum atomic E-state index is 10.9. The van der Waals surface area contributed by atoms with E-state index in [-0.39, 0.29) is 0 Å². The highest BCUT2D eigenvalue weighted by Crippen LogP contribution is 2.38. The average molecular weight is 308 g/mol. The standard InChI is InChI=1S/C19H16O4/c1-2-22-17-12-11-14(13-7-3-4-8-15(13)17)16-9-5-6-10-18(16)23-19(20)21/h3-12H,2H2,1H3,(H,20,21). The third-order valence-corrected chi connectivity index (χ3v) is 3.56. The largest absolute Gasteiger partial charge is 0.511 e. The molecule has 0 aromatic heterocycles. The zero-order valence-corrected chi connectivity index (χ0v) is 12.7. The van der Waals surface area contributed by atoms with Crippen molar-refractivity contribution < 1.29 is 19.4 Å². The molecule has 0 spiro atoms. The Labute approximate surface area is 133 Å². The molecule has 0 saturated heterocycles. The highest BCUT2D eigenvalue weighted by atomic mass is 16.7. The van der Waals surface area contributed by atoms with Crippen LogP contribution in [0.4, 0.5) is 4.79 Å². The Morgan fingerprint density at radius 1 is 0.870 bits per heavy atom. The van der Waals surface area contributed by atoms with Crippen molar-refractivity contribution in [1.29, 1.82) is 0 Å². The Morgan fingerprint density at radius 3 is 2.30 bits per heavy atom. The van der Waals surface area contributed by atoms with Crippen LogP contribution in [0.15, 0.2) is 60.7 Å². The van der Waals surface area contributed by atoms with Crippen LogP contribution in [0.5, 0.6) is 11.5 Å². The Hall–Kier alpha value is -3.01. The lowest BCUT2D eigenvalue weighted by atomic mass is 9.97. The summed E-state index contributed by atoms with van der Waals surface area (Å²) >= 11 is 0. The van der Waals surface area contributed by atoms with E-state index in [0.717, 1.165) is 27.6 Å². The molecule has 0 heterocycles. The number of hydrogen-bond acceptors (Lipinski definition) is 3. The van der Waals surface area contributed by atoms with Gasteiger partial charge in [-0.15, -0.1) is 0 Å². The lowest BCUT2D eigenvalue weighted by molar-refractivity contribution is 0.144. The van der Waals surface area contributed by atoms with Crippen LogP contribution in [-0.4, -0.2) is 17.9 Å². The van der Waals surface area contributed by atoms with Gasteiger partial charge in [-0.25, -0.2) is 4.79 Å². The first kappa shape index (κ1) is 14.9. The van der Waals surface area contributed by atoms with Crippen molar-refractivity contribution in [3.05, 3.63) is 60.7 Å². The average Bonchev–Trinajstić information content (AvgIpc) is 2.56. The van der Waals surface area contributed by atoms with Crippen LogP contribution >= 0.6 is 0 Å². The van der Waals surface area contributed by atoms with E-state index >= 15 is 0 Å². The minimum absolute atomic E-state index is 0.314. The Morgan fingerprint density at radius 2 is 1.57 bits per heavy atom. The van der Waals surface area contributed by atoms with E-state index in [0.29, 0.717) is 12.4 Å². The van der Waals surface area contributed by atoms with Gasteiger partial charge >= 0.3 is 6.16 Å². The van der Waals surface area contributed by atoms with Crippen molar-refractivity contribution in [2.24, 2.45) is 0 Å². The second-order valence-electron chi connectivity index (χ2n) is 4.95. The number of carboxylic acid groups (broad SMARTS) is 1. The summed E-state index contributed by atoms with van der Waals surface area (Å²) in [6.07, 6.45) is -1.33. The van der Waals surface area contributed by atoms with Gasteiger partial charge in [-0.1, -0.05) is 42.5 Å². The van der Waals surface area contributed by atoms with E-state index in [1.165, 1.54) is 0 Å². The number of benzene rings is 3. The summed E-state index contributed by atoms with van der Waals surface area (Å²) in [7, 11) is 0. The number of fused-ring (bicyclic) bond motifs is 1. The van der Waals surface area contributed by atoms with E-state index in [1.807, 2.05) is 55.5 Å². The lowest BCUT2D eigenvalue weighted by Gasteiger charge is -2.14. The molecule has 0 aliphatic heterocycles. The maximum absolute atomic E-state index is 10.9. The van der Waals surface area contributed by atoms with Crippen molar-refractivity contribution >= 4 is 16.9 Å². The summed E-state index contributed by atoms with van der Waals surface area (Å²) in [5, 5.41) is 10.9. The summed E-state index contributed by atoms with van der Waals surface area (Å²) in [5.74, 6) is 1.12. The minimum Gasteiger partial charge on any atom is -0.493 e. The predicted octanol–water partition coefficient (Wildman–Crippen LogP) is 4.96. The zero-order valence-electron chi connectivity index (χ0n) is 12.7. The van der Waals surface area contributed by atoms with Crippen LogP contribution in [0, 0.1) is 0 Å². The molecular formula is C19H16O4. The summed E-state index contributed by atoms with van der Waals surface area (Å²) in [4.78, 5) is 10.9. The van der Waals surface area contributed by atoms with E-state index < -0.39 is 6.16 Å². The molecule has 1 N–H and O–H groups in total. The second-order valence-corrected chi connectivity index (χ2v) is 4.95. The van der Waals surface area contributed by atoms with Gasteiger partial charge < -0.3 is 14.6 Å². The van der Waals surface area contributed by atoms with E-state index in [2.05, 4.69) is 0 Å². The van der Waals surface area contributed by atoms with E-state index in [1.54, 1.807) is 12.1 Å². The van der Waals surface area contributed by atoms with Gasteiger partial charge in [-0.2, -0.15) is 0 Å². The van der Waals surface area contributed by atoms with Crippen LogP contribution in [0.3, 0.4) is 0 Å². The molecular weight excluding hydrogens is 292 g/mol. The molecule has 0 bridgehead atoms. The summed E-state index contributed by atoms with van der Waals surface area (Å²) in [6, 6.07) is 18.8. The molecule has 0 aliphatic rings. The molecule has 0 atom stereocenters. The Balaban J connectivity index is 2.22. The van der Waals surface area contributed by atoms with Gasteiger partial charge in [0.1, 0.15) is 11.5 Å². The van der Waals surface area contributed by atoms with Crippen molar-refractivity contribution in [2.45, 2.75) is 6.92 Å². The fourth-order valence-corrected chi connectivity index (χ4v) is 2.66. The fourth-order valence-electron chi connectivity index (χ4n) is 2.66. The van der Waals surface area contributed by atoms with E-state index in [9.17, 15) is 4.79 Å². The lowest BCUT2D eigenvalue weighted by Crippen LogP contribution is -2.04. The first-order valence-corrected chi connectivity index (χ1v) is 7.35. The molecule has 3 aromatic rings. The summed E-state index contributed by atoms with van der Waals surface area (Å²) in [6.45, 7) is 2.53. The van der Waals surface area contributed by atoms with Crippen molar-refractivity contribution in [3.63, 3.8) is 0 Å². The van der Waals surface area contributed by atoms with Crippen LogP contribution < -0.4 is 9.47 Å². The Bertz CT molecular complexity index is 855. The van der Waals surface area contributed by atoms with Gasteiger partial charge in [0.15, 0.2) is 0 Å². The quantitative estimate of drug-likeness (QED) is 0.546. The molecule has 4 nitrogen and oxygen atoms in total. The highest BCUT2D eigenvalue weighted by Gasteiger charge is 2.13. The van der Waals surface area contributed by atoms with Crippen molar-refractivity contribution in [2.75, 3.05) is 6.61 Å². The monoisotopic (exact) mass is 308 g/mol. The van der Waals surface area contributed by atoms with Gasteiger partial charge in [0.2, 0.25) is 0 Å². The third-order valence-electron chi connectivity index (χ3n) is 3.56. The molecule has 4 heteroatoms. The van der Waals surface area contributed by atoms with Crippen molar-refractivity contribution in [3.8, 4) is 22.6 Å². The molecule has 3 rings (SSSR count). The fraction of sp³-hybridized carbons (Fsp3) is 0.105. The molecule has 0 aliphatic carbocycles. The Kier molecular flexibility index (Phi) is 4.15. The van der Waals surface area contributed by atoms with Gasteiger partial charge in [0.05, 0.1) is 6.61 Å². The number of para-hydroxylation sites is 1. The van der Waals surface area contributed by atoms with E-state index in [4.69, 9.17) is 14.6 Å². The summed E-state index contributed by atoms with van der Waals surface area (Å²) in [5.41, 5.74) is 1.63. The van der Waals surface area contributed by atoms with Gasteiger partial charge in [-0.3, -0.25) is 0 Å². The summed E-state index contributed by atoms with van der Waals surface area (Å²) < 4.78 is 10.6. The molecule has 0 saturated carbocycles. The van der Waals surface area contributed by atoms with Gasteiger partial charge in [0, 0.05) is 10.9 Å². The SMILES string of the molecule is CCOc1ccc(-c2ccccc2OC(=O)O)c2ccccc12. The topological polar surface area (TPSA) is 55.8 Å². The maximum Gasteiger partial charge on any atom is 0.511 e. The molecule has 0 unspecified atom stereocenters. The molecule has 0 radical (unpaired) electrons. The van der Waals surface area contributed by atoms with Crippen LogP contribution in [-0.2, 0) is 0 Å². The minimum atomic E-state index is -1.33. The zero-order chi connectivity index (χ0) is 16.2. The number of ether oxygens (including phenoxy) is 2. The van der Waals surface area contributed by atoms with Gasteiger partial charge in [0.25, 0.3) is 0 Å². The van der Waals surface area contributed by atoms with Crippen LogP contribution in [0.2, 0.25) is 0 Å². The third kappa shape index (κ3) is 2.97. The predicted molar refractivity (Wildman–Crippen MR) is 89.2 cm³/mol. The van der Waals surface area contributed by atoms with Crippen LogP contribution in [0.25, 0.3) is 21.9 Å². The first-order chi connectivity index (χ1) is 11.2. The van der Waals surface area contributed by atoms with Gasteiger partial charge in [-0.05, 0) is 36.1 Å². The number of carbonyl (C=O) groups is 1. The highest BCUT2D eigenvalue weighted by molar-refractivity contribution is 6.01. The molecule has 3 aromatic carbocycles. The van der Waals surface area contributed by atoms with Crippen LogP contribution in [0.1, 0.15) is 6.92 Å². The number of rotatable bonds is 4. The normalized spacial score (nSPS) is 10.5. The number of hydrogen-bond donors (Lipinski definition) is 1. The molecule has 23 heavy (non-hydrogen) atoms. The smallest absolute Gasteiger partial charge is 0.493 e. The molecule has 116 valence electrons. The first-order valence-electron chi connectivity index (χ1n) is 7.35. The molecule has 0 fully saturated rings. The molecule has 0 amide bonds. The second kappa shape index (κ2) is 6.40. The van der Waals surface area contributed by atoms with Crippen molar-refractivity contribution in [1.82, 2.24) is 0 Å².